The molecule has 3 nitrogen and oxygen atoms in total. The Labute approximate surface area is 73.1 Å². The monoisotopic (exact) mass is 171 g/mol. The predicted octanol–water partition coefficient (Wildman–Crippen LogP) is 0.137. The Morgan fingerprint density at radius 2 is 2.50 bits per heavy atom. The van der Waals surface area contributed by atoms with Gasteiger partial charge in [0.05, 0.1) is 13.2 Å². The molecular formula is C9H17NO2. The molecule has 3 heteroatoms. The lowest BCUT2D eigenvalue weighted by molar-refractivity contribution is 0.00135. The molecule has 2 heterocycles. The first-order valence-electron chi connectivity index (χ1n) is 4.77. The topological polar surface area (TPSA) is 41.5 Å². The van der Waals surface area contributed by atoms with Gasteiger partial charge in [-0.05, 0) is 19.3 Å². The number of rotatable bonds is 1. The van der Waals surface area contributed by atoms with E-state index >= 15 is 0 Å². The molecule has 70 valence electrons. The summed E-state index contributed by atoms with van der Waals surface area (Å²) in [6.45, 7) is 3.10. The van der Waals surface area contributed by atoms with Crippen LogP contribution in [0.25, 0.3) is 0 Å². The van der Waals surface area contributed by atoms with E-state index < -0.39 is 0 Å². The Kier molecular flexibility index (Phi) is 2.35. The largest absolute Gasteiger partial charge is 0.395 e. The Balaban J connectivity index is 1.94. The number of aliphatic hydroxyl groups is 1. The van der Waals surface area contributed by atoms with Gasteiger partial charge in [0.1, 0.15) is 0 Å². The van der Waals surface area contributed by atoms with Crippen molar-refractivity contribution in [1.82, 2.24) is 5.32 Å². The van der Waals surface area contributed by atoms with Crippen molar-refractivity contribution in [2.75, 3.05) is 26.4 Å². The van der Waals surface area contributed by atoms with Crippen LogP contribution in [0.4, 0.5) is 0 Å². The number of ether oxygens (including phenoxy) is 1. The van der Waals surface area contributed by atoms with Crippen LogP contribution in [0, 0.1) is 5.41 Å². The Hall–Kier alpha value is -0.120. The molecule has 0 aliphatic carbocycles. The highest BCUT2D eigenvalue weighted by Crippen LogP contribution is 2.36. The highest BCUT2D eigenvalue weighted by Gasteiger charge is 2.39. The summed E-state index contributed by atoms with van der Waals surface area (Å²) in [6.07, 6.45) is 3.53. The van der Waals surface area contributed by atoms with Crippen molar-refractivity contribution >= 4 is 0 Å². The third-order valence-corrected chi connectivity index (χ3v) is 3.07. The van der Waals surface area contributed by atoms with Crippen molar-refractivity contribution in [2.45, 2.75) is 25.3 Å². The molecule has 12 heavy (non-hydrogen) atoms. The molecule has 0 amide bonds. The van der Waals surface area contributed by atoms with Crippen LogP contribution in [0.2, 0.25) is 0 Å². The summed E-state index contributed by atoms with van der Waals surface area (Å²) >= 11 is 0. The summed E-state index contributed by atoms with van der Waals surface area (Å²) in [7, 11) is 0. The molecule has 0 aromatic rings. The fourth-order valence-electron chi connectivity index (χ4n) is 2.37. The maximum absolute atomic E-state index is 8.98. The average Bonchev–Trinajstić information content (AvgIpc) is 2.50. The van der Waals surface area contributed by atoms with Gasteiger partial charge in [-0.15, -0.1) is 0 Å². The molecule has 2 rings (SSSR count). The summed E-state index contributed by atoms with van der Waals surface area (Å²) < 4.78 is 5.48. The van der Waals surface area contributed by atoms with E-state index in [1.807, 2.05) is 0 Å². The van der Waals surface area contributed by atoms with Crippen molar-refractivity contribution in [3.63, 3.8) is 0 Å². The second kappa shape index (κ2) is 3.32. The summed E-state index contributed by atoms with van der Waals surface area (Å²) in [4.78, 5) is 0. The first-order valence-corrected chi connectivity index (χ1v) is 4.77. The first-order chi connectivity index (χ1) is 5.85. The van der Waals surface area contributed by atoms with E-state index in [-0.39, 0.29) is 6.61 Å². The van der Waals surface area contributed by atoms with Crippen LogP contribution in [0.15, 0.2) is 0 Å². The molecule has 2 aliphatic heterocycles. The second-order valence-electron chi connectivity index (χ2n) is 4.12. The van der Waals surface area contributed by atoms with Gasteiger partial charge in [0.15, 0.2) is 0 Å². The summed E-state index contributed by atoms with van der Waals surface area (Å²) in [6, 6.07) is 0.312. The lowest BCUT2D eigenvalue weighted by atomic mass is 9.80. The summed E-state index contributed by atoms with van der Waals surface area (Å²) in [5, 5.41) is 12.3. The third-order valence-electron chi connectivity index (χ3n) is 3.07. The third kappa shape index (κ3) is 1.49. The van der Waals surface area contributed by atoms with Gasteiger partial charge in [-0.25, -0.2) is 0 Å². The minimum atomic E-state index is 0.266. The van der Waals surface area contributed by atoms with Crippen molar-refractivity contribution in [1.29, 1.82) is 0 Å². The van der Waals surface area contributed by atoms with Crippen molar-refractivity contribution < 1.29 is 9.84 Å². The first kappa shape index (κ1) is 8.48. The molecule has 0 saturated carbocycles. The molecule has 2 fully saturated rings. The SMILES string of the molecule is OC[C@@H]1C[C@@]2(CCCOC2)CN1. The molecule has 2 N–H and O–H groups in total. The fourth-order valence-corrected chi connectivity index (χ4v) is 2.37. The number of hydrogen-bond acceptors (Lipinski definition) is 3. The second-order valence-corrected chi connectivity index (χ2v) is 4.12. The lowest BCUT2D eigenvalue weighted by Gasteiger charge is -2.32. The zero-order valence-electron chi connectivity index (χ0n) is 7.38. The standard InChI is InChI=1S/C9H17NO2/c11-5-8-4-9(6-10-8)2-1-3-12-7-9/h8,10-11H,1-7H2/t8-,9-/m0/s1. The van der Waals surface area contributed by atoms with Crippen molar-refractivity contribution in [3.8, 4) is 0 Å². The zero-order chi connectivity index (χ0) is 8.44. The van der Waals surface area contributed by atoms with Gasteiger partial charge in [-0.3, -0.25) is 0 Å². The number of aliphatic hydroxyl groups excluding tert-OH is 1. The van der Waals surface area contributed by atoms with Crippen molar-refractivity contribution in [2.24, 2.45) is 5.41 Å². The average molecular weight is 171 g/mol. The van der Waals surface area contributed by atoms with E-state index in [2.05, 4.69) is 5.32 Å². The Bertz CT molecular complexity index is 155. The van der Waals surface area contributed by atoms with Gasteiger partial charge >= 0.3 is 0 Å². The normalized spacial score (nSPS) is 42.2. The summed E-state index contributed by atoms with van der Waals surface area (Å²) in [5.74, 6) is 0. The van der Waals surface area contributed by atoms with Gasteiger partial charge in [0.2, 0.25) is 0 Å². The molecule has 1 spiro atoms. The smallest absolute Gasteiger partial charge is 0.0584 e. The molecule has 0 bridgehead atoms. The molecule has 0 aromatic carbocycles. The van der Waals surface area contributed by atoms with Crippen LogP contribution in [-0.4, -0.2) is 37.5 Å². The highest BCUT2D eigenvalue weighted by atomic mass is 16.5. The molecule has 0 radical (unpaired) electrons. The zero-order valence-corrected chi connectivity index (χ0v) is 7.38. The lowest BCUT2D eigenvalue weighted by Crippen LogP contribution is -2.33. The Morgan fingerprint density at radius 3 is 3.08 bits per heavy atom. The van der Waals surface area contributed by atoms with E-state index in [9.17, 15) is 0 Å². The summed E-state index contributed by atoms with van der Waals surface area (Å²) in [5.41, 5.74) is 0.353. The molecule has 2 saturated heterocycles. The van der Waals surface area contributed by atoms with Gasteiger partial charge in [-0.2, -0.15) is 0 Å². The molecule has 0 aromatic heterocycles. The van der Waals surface area contributed by atoms with Gasteiger partial charge in [0, 0.05) is 24.6 Å². The molecular weight excluding hydrogens is 154 g/mol. The molecule has 2 atom stereocenters. The van der Waals surface area contributed by atoms with E-state index in [4.69, 9.17) is 9.84 Å². The molecule has 2 aliphatic rings. The maximum Gasteiger partial charge on any atom is 0.0584 e. The minimum Gasteiger partial charge on any atom is -0.395 e. The van der Waals surface area contributed by atoms with Crippen LogP contribution >= 0.6 is 0 Å². The van der Waals surface area contributed by atoms with Gasteiger partial charge in [0.25, 0.3) is 0 Å². The van der Waals surface area contributed by atoms with E-state index in [0.29, 0.717) is 11.5 Å². The van der Waals surface area contributed by atoms with Crippen LogP contribution in [0.1, 0.15) is 19.3 Å². The Morgan fingerprint density at radius 1 is 1.58 bits per heavy atom. The fraction of sp³-hybridized carbons (Fsp3) is 1.00. The predicted molar refractivity (Wildman–Crippen MR) is 46.0 cm³/mol. The van der Waals surface area contributed by atoms with Crippen molar-refractivity contribution in [3.05, 3.63) is 0 Å². The van der Waals surface area contributed by atoms with E-state index in [0.717, 1.165) is 26.2 Å². The van der Waals surface area contributed by atoms with E-state index in [1.165, 1.54) is 12.8 Å². The highest BCUT2D eigenvalue weighted by molar-refractivity contribution is 4.94. The van der Waals surface area contributed by atoms with E-state index in [1.54, 1.807) is 0 Å². The number of nitrogens with one attached hydrogen (secondary N) is 1. The van der Waals surface area contributed by atoms with Crippen LogP contribution in [-0.2, 0) is 4.74 Å². The molecule has 0 unspecified atom stereocenters. The van der Waals surface area contributed by atoms with Crippen LogP contribution in [0.3, 0.4) is 0 Å². The minimum absolute atomic E-state index is 0.266. The van der Waals surface area contributed by atoms with Crippen LogP contribution in [0.5, 0.6) is 0 Å². The van der Waals surface area contributed by atoms with Gasteiger partial charge < -0.3 is 15.2 Å². The maximum atomic E-state index is 8.98. The van der Waals surface area contributed by atoms with Gasteiger partial charge in [-0.1, -0.05) is 0 Å². The number of hydrogen-bond donors (Lipinski definition) is 2. The van der Waals surface area contributed by atoms with Crippen LogP contribution < -0.4 is 5.32 Å². The quantitative estimate of drug-likeness (QED) is 0.589.